The smallest absolute Gasteiger partial charge is 0.255 e. The van der Waals surface area contributed by atoms with Crippen molar-refractivity contribution >= 4 is 45.6 Å². The number of amides is 2. The molecule has 2 amide bonds. The number of halogens is 1. The number of carbonyl (C=O) groups is 2. The van der Waals surface area contributed by atoms with E-state index in [9.17, 15) is 9.59 Å². The number of aryl methyl sites for hydroxylation is 1. The predicted molar refractivity (Wildman–Crippen MR) is 103 cm³/mol. The van der Waals surface area contributed by atoms with Gasteiger partial charge in [-0.15, -0.1) is 10.2 Å². The van der Waals surface area contributed by atoms with Crippen LogP contribution in [0.2, 0.25) is 5.02 Å². The normalized spacial score (nSPS) is 22.4. The van der Waals surface area contributed by atoms with E-state index in [1.165, 1.54) is 11.3 Å². The lowest BCUT2D eigenvalue weighted by Gasteiger charge is -2.17. The van der Waals surface area contributed by atoms with Crippen molar-refractivity contribution in [3.63, 3.8) is 0 Å². The molecule has 2 atom stereocenters. The number of benzene rings is 1. The van der Waals surface area contributed by atoms with Gasteiger partial charge in [-0.25, -0.2) is 0 Å². The van der Waals surface area contributed by atoms with E-state index in [1.807, 2.05) is 25.1 Å². The first-order chi connectivity index (χ1) is 13.0. The van der Waals surface area contributed by atoms with Gasteiger partial charge in [0.25, 0.3) is 5.91 Å². The molecule has 0 spiro atoms. The molecule has 1 aromatic carbocycles. The predicted octanol–water partition coefficient (Wildman–Crippen LogP) is 3.14. The van der Waals surface area contributed by atoms with Crippen LogP contribution in [0.25, 0.3) is 0 Å². The number of aromatic nitrogens is 2. The van der Waals surface area contributed by atoms with Crippen LogP contribution in [0.1, 0.15) is 35.8 Å². The van der Waals surface area contributed by atoms with Crippen LogP contribution < -0.4 is 10.2 Å². The fourth-order valence-corrected chi connectivity index (χ4v) is 4.30. The summed E-state index contributed by atoms with van der Waals surface area (Å²) >= 11 is 7.50. The van der Waals surface area contributed by atoms with Gasteiger partial charge in [-0.1, -0.05) is 29.0 Å². The quantitative estimate of drug-likeness (QED) is 0.843. The van der Waals surface area contributed by atoms with Gasteiger partial charge in [-0.05, 0) is 37.5 Å². The van der Waals surface area contributed by atoms with Crippen molar-refractivity contribution in [3.8, 4) is 0 Å². The van der Waals surface area contributed by atoms with Crippen LogP contribution in [0.5, 0.6) is 0 Å². The molecular formula is C18H19ClN4O3S. The second-order valence-corrected chi connectivity index (χ2v) is 8.19. The largest absolute Gasteiger partial charge is 0.368 e. The molecule has 2 aliphatic rings. The first kappa shape index (κ1) is 18.3. The Labute approximate surface area is 165 Å². The first-order valence-electron chi connectivity index (χ1n) is 8.83. The Morgan fingerprint density at radius 1 is 1.41 bits per heavy atom. The maximum absolute atomic E-state index is 12.5. The lowest BCUT2D eigenvalue weighted by Crippen LogP contribution is -2.26. The van der Waals surface area contributed by atoms with Gasteiger partial charge in [0.1, 0.15) is 11.1 Å². The molecule has 2 fully saturated rings. The topological polar surface area (TPSA) is 84.4 Å². The van der Waals surface area contributed by atoms with Gasteiger partial charge < -0.3 is 9.64 Å². The second-order valence-electron chi connectivity index (χ2n) is 6.78. The van der Waals surface area contributed by atoms with E-state index < -0.39 is 6.10 Å². The first-order valence-corrected chi connectivity index (χ1v) is 10.0. The third-order valence-electron chi connectivity index (χ3n) is 4.83. The average molecular weight is 407 g/mol. The van der Waals surface area contributed by atoms with Gasteiger partial charge in [-0.3, -0.25) is 14.9 Å². The summed E-state index contributed by atoms with van der Waals surface area (Å²) in [6, 6.07) is 5.61. The van der Waals surface area contributed by atoms with E-state index in [2.05, 4.69) is 15.5 Å². The molecule has 0 aliphatic carbocycles. The summed E-state index contributed by atoms with van der Waals surface area (Å²) in [7, 11) is 0. The van der Waals surface area contributed by atoms with Gasteiger partial charge in [-0.2, -0.15) is 0 Å². The van der Waals surface area contributed by atoms with Crippen molar-refractivity contribution in [1.82, 2.24) is 10.2 Å². The van der Waals surface area contributed by atoms with Crippen LogP contribution in [0.3, 0.4) is 0 Å². The van der Waals surface area contributed by atoms with Crippen molar-refractivity contribution in [2.75, 3.05) is 23.4 Å². The maximum atomic E-state index is 12.5. The molecule has 0 unspecified atom stereocenters. The van der Waals surface area contributed by atoms with Gasteiger partial charge in [0.2, 0.25) is 11.0 Å². The molecule has 1 N–H and O–H groups in total. The Morgan fingerprint density at radius 3 is 3.00 bits per heavy atom. The lowest BCUT2D eigenvalue weighted by atomic mass is 10.1. The van der Waals surface area contributed by atoms with Crippen LogP contribution in [-0.2, 0) is 14.3 Å². The molecule has 1 aromatic heterocycles. The average Bonchev–Trinajstić information content (AvgIpc) is 3.38. The highest BCUT2D eigenvalue weighted by Crippen LogP contribution is 2.35. The number of ether oxygens (including phenoxy) is 1. The van der Waals surface area contributed by atoms with Crippen molar-refractivity contribution in [2.24, 2.45) is 0 Å². The summed E-state index contributed by atoms with van der Waals surface area (Å²) in [5, 5.41) is 12.8. The minimum absolute atomic E-state index is 0.0278. The molecule has 2 saturated heterocycles. The maximum Gasteiger partial charge on any atom is 0.255 e. The molecule has 3 heterocycles. The van der Waals surface area contributed by atoms with Crippen molar-refractivity contribution in [3.05, 3.63) is 33.8 Å². The van der Waals surface area contributed by atoms with E-state index in [-0.39, 0.29) is 17.7 Å². The SMILES string of the molecule is Cc1ccc(N2C[C@H](c3nnc(NC(=O)[C@H]4CCCO4)s3)CC2=O)cc1Cl. The summed E-state index contributed by atoms with van der Waals surface area (Å²) in [6.45, 7) is 3.06. The molecule has 0 saturated carbocycles. The van der Waals surface area contributed by atoms with Crippen LogP contribution in [0.15, 0.2) is 18.2 Å². The zero-order valence-corrected chi connectivity index (χ0v) is 16.3. The zero-order chi connectivity index (χ0) is 19.0. The molecule has 142 valence electrons. The summed E-state index contributed by atoms with van der Waals surface area (Å²) in [5.41, 5.74) is 1.76. The van der Waals surface area contributed by atoms with E-state index in [1.54, 1.807) is 4.90 Å². The van der Waals surface area contributed by atoms with Crippen LogP contribution in [0, 0.1) is 6.92 Å². The second kappa shape index (κ2) is 7.53. The Bertz CT molecular complexity index is 881. The Balaban J connectivity index is 1.43. The van der Waals surface area contributed by atoms with Gasteiger partial charge in [0, 0.05) is 36.2 Å². The fraction of sp³-hybridized carbons (Fsp3) is 0.444. The highest BCUT2D eigenvalue weighted by atomic mass is 35.5. The van der Waals surface area contributed by atoms with Crippen LogP contribution in [-0.4, -0.2) is 41.3 Å². The standard InChI is InChI=1S/C18H19ClN4O3S/c1-10-4-5-12(8-13(10)19)23-9-11(7-15(23)24)17-21-22-18(27-17)20-16(25)14-3-2-6-26-14/h4-5,8,11,14H,2-3,6-7,9H2,1H3,(H,20,22,25)/t11-,14-/m1/s1. The van der Waals surface area contributed by atoms with Crippen molar-refractivity contribution in [2.45, 2.75) is 38.2 Å². The number of nitrogens with zero attached hydrogens (tertiary/aromatic N) is 3. The molecule has 0 bridgehead atoms. The summed E-state index contributed by atoms with van der Waals surface area (Å²) in [4.78, 5) is 26.3. The Hall–Kier alpha value is -2.03. The highest BCUT2D eigenvalue weighted by molar-refractivity contribution is 7.15. The third kappa shape index (κ3) is 3.83. The molecule has 4 rings (SSSR count). The number of rotatable bonds is 4. The van der Waals surface area contributed by atoms with E-state index >= 15 is 0 Å². The summed E-state index contributed by atoms with van der Waals surface area (Å²) < 4.78 is 5.37. The van der Waals surface area contributed by atoms with Crippen LogP contribution in [0.4, 0.5) is 10.8 Å². The van der Waals surface area contributed by atoms with E-state index in [0.717, 1.165) is 29.1 Å². The molecule has 2 aliphatic heterocycles. The van der Waals surface area contributed by atoms with Crippen LogP contribution >= 0.6 is 22.9 Å². The summed E-state index contributed by atoms with van der Waals surface area (Å²) in [6.07, 6.45) is 1.57. The number of carbonyl (C=O) groups excluding carboxylic acids is 2. The Morgan fingerprint density at radius 2 is 2.26 bits per heavy atom. The lowest BCUT2D eigenvalue weighted by molar-refractivity contribution is -0.124. The zero-order valence-electron chi connectivity index (χ0n) is 14.8. The van der Waals surface area contributed by atoms with Crippen molar-refractivity contribution < 1.29 is 14.3 Å². The van der Waals surface area contributed by atoms with Gasteiger partial charge >= 0.3 is 0 Å². The Kier molecular flexibility index (Phi) is 5.12. The highest BCUT2D eigenvalue weighted by Gasteiger charge is 2.34. The van der Waals surface area contributed by atoms with Gasteiger partial charge in [0.15, 0.2) is 0 Å². The number of hydrogen-bond acceptors (Lipinski definition) is 6. The molecule has 27 heavy (non-hydrogen) atoms. The molecular weight excluding hydrogens is 388 g/mol. The minimum Gasteiger partial charge on any atom is -0.368 e. The molecule has 7 nitrogen and oxygen atoms in total. The minimum atomic E-state index is -0.410. The fourth-order valence-electron chi connectivity index (χ4n) is 3.29. The molecule has 9 heteroatoms. The number of anilines is 2. The third-order valence-corrected chi connectivity index (χ3v) is 6.24. The molecule has 0 radical (unpaired) electrons. The van der Waals surface area contributed by atoms with E-state index in [4.69, 9.17) is 16.3 Å². The number of hydrogen-bond donors (Lipinski definition) is 1. The monoisotopic (exact) mass is 406 g/mol. The van der Waals surface area contributed by atoms with E-state index in [0.29, 0.717) is 29.7 Å². The van der Waals surface area contributed by atoms with Gasteiger partial charge in [0.05, 0.1) is 0 Å². The number of nitrogens with one attached hydrogen (secondary N) is 1. The summed E-state index contributed by atoms with van der Waals surface area (Å²) in [5.74, 6) is -0.211. The molecule has 2 aromatic rings. The van der Waals surface area contributed by atoms with Crippen molar-refractivity contribution in [1.29, 1.82) is 0 Å².